The van der Waals surface area contributed by atoms with Gasteiger partial charge in [0, 0.05) is 26.2 Å². The zero-order valence-corrected chi connectivity index (χ0v) is 19.3. The van der Waals surface area contributed by atoms with Crippen LogP contribution in [0, 0.1) is 5.92 Å². The van der Waals surface area contributed by atoms with Crippen molar-refractivity contribution in [2.45, 2.75) is 45.2 Å². The third-order valence-corrected chi connectivity index (χ3v) is 6.60. The Morgan fingerprint density at radius 2 is 1.81 bits per heavy atom. The summed E-state index contributed by atoms with van der Waals surface area (Å²) in [5.41, 5.74) is 0.386. The number of amides is 3. The van der Waals surface area contributed by atoms with Crippen LogP contribution in [-0.4, -0.2) is 65.5 Å². The second-order valence-electron chi connectivity index (χ2n) is 9.23. The molecule has 0 N–H and O–H groups in total. The maximum atomic E-state index is 13.6. The van der Waals surface area contributed by atoms with E-state index < -0.39 is 5.54 Å². The highest BCUT2D eigenvalue weighted by atomic mass is 16.5. The standard InChI is InChI=1S/C25H33N3O4/c1-19(2)17-27-23(29)25(11-14-26(15-12-25)18-22-5-4-16-32-22)28(24(27)30)13-10-20-6-8-21(31-3)9-7-20/h4-9,16,19H,10-15,17-18H2,1-3H3. The van der Waals surface area contributed by atoms with Crippen molar-refractivity contribution in [3.05, 3.63) is 54.0 Å². The molecule has 32 heavy (non-hydrogen) atoms. The van der Waals surface area contributed by atoms with Gasteiger partial charge >= 0.3 is 6.03 Å². The average Bonchev–Trinajstić information content (AvgIpc) is 3.36. The number of likely N-dealkylation sites (tertiary alicyclic amines) is 1. The van der Waals surface area contributed by atoms with Gasteiger partial charge in [0.2, 0.25) is 0 Å². The number of hydrogen-bond donors (Lipinski definition) is 0. The predicted octanol–water partition coefficient (Wildman–Crippen LogP) is 3.79. The molecule has 2 saturated heterocycles. The van der Waals surface area contributed by atoms with Gasteiger partial charge in [-0.1, -0.05) is 26.0 Å². The van der Waals surface area contributed by atoms with Crippen LogP contribution in [0.1, 0.15) is 38.0 Å². The summed E-state index contributed by atoms with van der Waals surface area (Å²) in [6.45, 7) is 7.33. The molecular formula is C25H33N3O4. The van der Waals surface area contributed by atoms with Crippen molar-refractivity contribution in [3.63, 3.8) is 0 Å². The van der Waals surface area contributed by atoms with E-state index in [0.29, 0.717) is 32.4 Å². The molecule has 3 heterocycles. The molecule has 0 radical (unpaired) electrons. The lowest BCUT2D eigenvalue weighted by Crippen LogP contribution is -2.56. The summed E-state index contributed by atoms with van der Waals surface area (Å²) in [6.07, 6.45) is 3.69. The molecule has 2 aliphatic rings. The van der Waals surface area contributed by atoms with Gasteiger partial charge in [-0.15, -0.1) is 0 Å². The van der Waals surface area contributed by atoms with Gasteiger partial charge in [-0.25, -0.2) is 4.79 Å². The van der Waals surface area contributed by atoms with Crippen molar-refractivity contribution in [3.8, 4) is 5.75 Å². The molecule has 1 aromatic heterocycles. The number of piperidine rings is 1. The van der Waals surface area contributed by atoms with Gasteiger partial charge < -0.3 is 14.1 Å². The summed E-state index contributed by atoms with van der Waals surface area (Å²) in [5.74, 6) is 1.95. The first kappa shape index (κ1) is 22.4. The van der Waals surface area contributed by atoms with Gasteiger partial charge in [0.25, 0.3) is 5.91 Å². The lowest BCUT2D eigenvalue weighted by atomic mass is 9.85. The fraction of sp³-hybridized carbons (Fsp3) is 0.520. The zero-order chi connectivity index (χ0) is 22.7. The highest BCUT2D eigenvalue weighted by Crippen LogP contribution is 2.38. The summed E-state index contributed by atoms with van der Waals surface area (Å²) in [5, 5.41) is 0. The first-order valence-electron chi connectivity index (χ1n) is 11.4. The molecule has 1 spiro atoms. The summed E-state index contributed by atoms with van der Waals surface area (Å²) in [6, 6.07) is 11.6. The van der Waals surface area contributed by atoms with Crippen LogP contribution in [0.5, 0.6) is 5.75 Å². The molecule has 172 valence electrons. The number of urea groups is 1. The summed E-state index contributed by atoms with van der Waals surface area (Å²) in [4.78, 5) is 32.6. The fourth-order valence-corrected chi connectivity index (χ4v) is 4.84. The molecule has 2 aliphatic heterocycles. The van der Waals surface area contributed by atoms with Gasteiger partial charge in [-0.05, 0) is 55.0 Å². The number of ether oxygens (including phenoxy) is 1. The fourth-order valence-electron chi connectivity index (χ4n) is 4.84. The van der Waals surface area contributed by atoms with E-state index in [1.807, 2.05) is 55.1 Å². The van der Waals surface area contributed by atoms with Crippen LogP contribution in [-0.2, 0) is 17.8 Å². The Balaban J connectivity index is 1.50. The normalized spacial score (nSPS) is 18.9. The van der Waals surface area contributed by atoms with E-state index in [1.54, 1.807) is 13.4 Å². The van der Waals surface area contributed by atoms with Crippen LogP contribution in [0.2, 0.25) is 0 Å². The Labute approximate surface area is 189 Å². The monoisotopic (exact) mass is 439 g/mol. The van der Waals surface area contributed by atoms with E-state index in [0.717, 1.165) is 36.7 Å². The van der Waals surface area contributed by atoms with Crippen molar-refractivity contribution in [2.24, 2.45) is 5.92 Å². The van der Waals surface area contributed by atoms with E-state index in [9.17, 15) is 9.59 Å². The minimum atomic E-state index is -0.738. The van der Waals surface area contributed by atoms with Gasteiger partial charge in [0.15, 0.2) is 0 Å². The van der Waals surface area contributed by atoms with E-state index in [-0.39, 0.29) is 17.9 Å². The van der Waals surface area contributed by atoms with Crippen LogP contribution in [0.15, 0.2) is 47.1 Å². The highest BCUT2D eigenvalue weighted by Gasteiger charge is 2.57. The number of benzene rings is 1. The van der Waals surface area contributed by atoms with Crippen LogP contribution < -0.4 is 4.74 Å². The number of furan rings is 1. The van der Waals surface area contributed by atoms with Crippen molar-refractivity contribution in [1.82, 2.24) is 14.7 Å². The molecule has 4 rings (SSSR count). The van der Waals surface area contributed by atoms with Crippen LogP contribution >= 0.6 is 0 Å². The Morgan fingerprint density at radius 1 is 1.09 bits per heavy atom. The molecule has 2 fully saturated rings. The Bertz CT molecular complexity index is 915. The van der Waals surface area contributed by atoms with Gasteiger partial charge in [0.1, 0.15) is 17.0 Å². The van der Waals surface area contributed by atoms with E-state index in [4.69, 9.17) is 9.15 Å². The lowest BCUT2D eigenvalue weighted by Gasteiger charge is -2.42. The van der Waals surface area contributed by atoms with E-state index >= 15 is 0 Å². The lowest BCUT2D eigenvalue weighted by molar-refractivity contribution is -0.136. The number of nitrogens with zero attached hydrogens (tertiary/aromatic N) is 3. The van der Waals surface area contributed by atoms with Gasteiger partial charge in [-0.3, -0.25) is 14.6 Å². The van der Waals surface area contributed by atoms with Crippen molar-refractivity contribution >= 4 is 11.9 Å². The second kappa shape index (κ2) is 9.36. The van der Waals surface area contributed by atoms with Crippen LogP contribution in [0.25, 0.3) is 0 Å². The topological polar surface area (TPSA) is 66.2 Å². The SMILES string of the molecule is COc1ccc(CCN2C(=O)N(CC(C)C)C(=O)C23CCN(Cc2ccco2)CC3)cc1. The average molecular weight is 440 g/mol. The number of hydrogen-bond acceptors (Lipinski definition) is 5. The van der Waals surface area contributed by atoms with Crippen molar-refractivity contribution < 1.29 is 18.7 Å². The summed E-state index contributed by atoms with van der Waals surface area (Å²) < 4.78 is 10.7. The Kier molecular flexibility index (Phi) is 6.55. The molecule has 0 unspecified atom stereocenters. The predicted molar refractivity (Wildman–Crippen MR) is 121 cm³/mol. The first-order chi connectivity index (χ1) is 15.4. The number of methoxy groups -OCH3 is 1. The van der Waals surface area contributed by atoms with Gasteiger partial charge in [-0.2, -0.15) is 0 Å². The number of carbonyl (C=O) groups is 2. The smallest absolute Gasteiger partial charge is 0.327 e. The largest absolute Gasteiger partial charge is 0.497 e. The number of rotatable bonds is 8. The van der Waals surface area contributed by atoms with Crippen LogP contribution in [0.3, 0.4) is 0 Å². The second-order valence-corrected chi connectivity index (χ2v) is 9.23. The summed E-state index contributed by atoms with van der Waals surface area (Å²) >= 11 is 0. The molecule has 1 aromatic carbocycles. The van der Waals surface area contributed by atoms with Crippen molar-refractivity contribution in [1.29, 1.82) is 0 Å². The minimum absolute atomic E-state index is 0.0245. The molecule has 7 heteroatoms. The van der Waals surface area contributed by atoms with Gasteiger partial charge in [0.05, 0.1) is 19.9 Å². The molecule has 0 atom stereocenters. The molecule has 3 amide bonds. The first-order valence-corrected chi connectivity index (χ1v) is 11.4. The maximum absolute atomic E-state index is 13.6. The number of carbonyl (C=O) groups excluding carboxylic acids is 2. The molecule has 2 aromatic rings. The van der Waals surface area contributed by atoms with Crippen molar-refractivity contribution in [2.75, 3.05) is 33.3 Å². The highest BCUT2D eigenvalue weighted by molar-refractivity contribution is 6.07. The molecular weight excluding hydrogens is 406 g/mol. The maximum Gasteiger partial charge on any atom is 0.327 e. The third kappa shape index (κ3) is 4.39. The third-order valence-electron chi connectivity index (χ3n) is 6.60. The van der Waals surface area contributed by atoms with Crippen LogP contribution in [0.4, 0.5) is 4.79 Å². The quantitative estimate of drug-likeness (QED) is 0.586. The molecule has 0 saturated carbocycles. The zero-order valence-electron chi connectivity index (χ0n) is 19.3. The summed E-state index contributed by atoms with van der Waals surface area (Å²) in [7, 11) is 1.65. The van der Waals surface area contributed by atoms with E-state index in [2.05, 4.69) is 4.90 Å². The minimum Gasteiger partial charge on any atom is -0.497 e. The number of imide groups is 1. The molecule has 0 bridgehead atoms. The Hall–Kier alpha value is -2.80. The molecule has 0 aliphatic carbocycles. The van der Waals surface area contributed by atoms with E-state index in [1.165, 1.54) is 4.90 Å². The molecule has 7 nitrogen and oxygen atoms in total. The Morgan fingerprint density at radius 3 is 2.41 bits per heavy atom.